The minimum atomic E-state index is -0.272. The van der Waals surface area contributed by atoms with Gasteiger partial charge in [-0.05, 0) is 36.1 Å². The molecule has 0 radical (unpaired) electrons. The first kappa shape index (κ1) is 21.3. The third-order valence-electron chi connectivity index (χ3n) is 6.13. The molecule has 2 fully saturated rings. The summed E-state index contributed by atoms with van der Waals surface area (Å²) in [6.07, 6.45) is 1.43. The van der Waals surface area contributed by atoms with Crippen molar-refractivity contribution in [2.45, 2.75) is 25.4 Å². The fourth-order valence-corrected chi connectivity index (χ4v) is 4.34. The van der Waals surface area contributed by atoms with Crippen molar-refractivity contribution < 1.29 is 14.0 Å². The van der Waals surface area contributed by atoms with Crippen LogP contribution in [0.2, 0.25) is 0 Å². The van der Waals surface area contributed by atoms with Crippen molar-refractivity contribution in [1.29, 1.82) is 0 Å². The van der Waals surface area contributed by atoms with Gasteiger partial charge in [-0.25, -0.2) is 9.18 Å². The lowest BCUT2D eigenvalue weighted by Gasteiger charge is -2.39. The molecule has 0 bridgehead atoms. The molecule has 7 heteroatoms. The van der Waals surface area contributed by atoms with Crippen LogP contribution in [0.1, 0.15) is 17.5 Å². The van der Waals surface area contributed by atoms with Gasteiger partial charge in [0.05, 0.1) is 6.04 Å². The molecule has 2 aromatic rings. The zero-order chi connectivity index (χ0) is 21.6. The van der Waals surface area contributed by atoms with Crippen LogP contribution in [0.25, 0.3) is 0 Å². The molecule has 3 amide bonds. The van der Waals surface area contributed by atoms with Gasteiger partial charge < -0.3 is 15.1 Å². The van der Waals surface area contributed by atoms with Crippen molar-refractivity contribution in [2.24, 2.45) is 0 Å². The van der Waals surface area contributed by atoms with Crippen LogP contribution in [0.5, 0.6) is 0 Å². The summed E-state index contributed by atoms with van der Waals surface area (Å²) in [4.78, 5) is 31.6. The number of rotatable bonds is 5. The number of piperazine rings is 1. The van der Waals surface area contributed by atoms with Gasteiger partial charge in [-0.2, -0.15) is 0 Å². The van der Waals surface area contributed by atoms with E-state index in [2.05, 4.69) is 22.3 Å². The predicted octanol–water partition coefficient (Wildman–Crippen LogP) is 2.50. The maximum atomic E-state index is 13.1. The lowest BCUT2D eigenvalue weighted by molar-refractivity contribution is -0.142. The molecule has 0 aromatic heterocycles. The van der Waals surface area contributed by atoms with Crippen LogP contribution < -0.4 is 5.32 Å². The Morgan fingerprint density at radius 1 is 0.935 bits per heavy atom. The molecule has 1 atom stereocenters. The van der Waals surface area contributed by atoms with Gasteiger partial charge in [0, 0.05) is 45.8 Å². The molecular formula is C24H29FN4O2. The highest BCUT2D eigenvalue weighted by atomic mass is 19.1. The number of carbonyl (C=O) groups excluding carboxylic acids is 2. The van der Waals surface area contributed by atoms with E-state index >= 15 is 0 Å². The Kier molecular flexibility index (Phi) is 6.82. The molecule has 1 unspecified atom stereocenters. The number of halogens is 1. The molecule has 2 saturated heterocycles. The van der Waals surface area contributed by atoms with Crippen LogP contribution in [0, 0.1) is 5.82 Å². The quantitative estimate of drug-likeness (QED) is 0.803. The maximum Gasteiger partial charge on any atom is 0.317 e. The predicted molar refractivity (Wildman–Crippen MR) is 117 cm³/mol. The zero-order valence-electron chi connectivity index (χ0n) is 17.7. The van der Waals surface area contributed by atoms with Crippen molar-refractivity contribution in [3.63, 3.8) is 0 Å². The molecular weight excluding hydrogens is 395 g/mol. The summed E-state index contributed by atoms with van der Waals surface area (Å²) >= 11 is 0. The maximum absolute atomic E-state index is 13.1. The van der Waals surface area contributed by atoms with Gasteiger partial charge in [-0.15, -0.1) is 0 Å². The number of nitrogens with one attached hydrogen (secondary N) is 1. The van der Waals surface area contributed by atoms with E-state index in [0.717, 1.165) is 18.5 Å². The number of nitrogens with zero attached hydrogens (tertiary/aromatic N) is 3. The third-order valence-corrected chi connectivity index (χ3v) is 6.13. The zero-order valence-corrected chi connectivity index (χ0v) is 17.7. The SMILES string of the molecule is O=C(NCCc1ccccc1)N1CCC2C(=O)N(Cc3ccc(F)cc3)CCN2CC1. The molecule has 0 saturated carbocycles. The lowest BCUT2D eigenvalue weighted by atomic mass is 10.1. The van der Waals surface area contributed by atoms with Gasteiger partial charge in [-0.1, -0.05) is 42.5 Å². The van der Waals surface area contributed by atoms with Crippen molar-refractivity contribution in [3.8, 4) is 0 Å². The average molecular weight is 425 g/mol. The largest absolute Gasteiger partial charge is 0.338 e. The number of benzene rings is 2. The fourth-order valence-electron chi connectivity index (χ4n) is 4.34. The minimum absolute atomic E-state index is 0.0635. The molecule has 0 spiro atoms. The standard InChI is InChI=1S/C24H29FN4O2/c25-21-8-6-20(7-9-21)18-29-17-15-27-14-16-28(13-11-22(27)23(29)30)24(31)26-12-10-19-4-2-1-3-5-19/h1-9,22H,10-18H2,(H,26,31). The van der Waals surface area contributed by atoms with Crippen molar-refractivity contribution >= 4 is 11.9 Å². The van der Waals surface area contributed by atoms with Gasteiger partial charge in [0.25, 0.3) is 0 Å². The molecule has 6 nitrogen and oxygen atoms in total. The number of hydrogen-bond acceptors (Lipinski definition) is 3. The van der Waals surface area contributed by atoms with E-state index in [1.54, 1.807) is 12.1 Å². The molecule has 2 aromatic carbocycles. The second-order valence-corrected chi connectivity index (χ2v) is 8.18. The summed E-state index contributed by atoms with van der Waals surface area (Å²) in [5.74, 6) is -0.173. The van der Waals surface area contributed by atoms with E-state index < -0.39 is 0 Å². The molecule has 2 heterocycles. The van der Waals surface area contributed by atoms with Crippen molar-refractivity contribution in [3.05, 3.63) is 71.5 Å². The average Bonchev–Trinajstić information content (AvgIpc) is 3.01. The summed E-state index contributed by atoms with van der Waals surface area (Å²) < 4.78 is 13.1. The molecule has 2 aliphatic rings. The minimum Gasteiger partial charge on any atom is -0.338 e. The monoisotopic (exact) mass is 424 g/mol. The number of urea groups is 1. The Hall–Kier alpha value is -2.93. The normalized spacial score (nSPS) is 19.6. The first-order chi connectivity index (χ1) is 15.1. The van der Waals surface area contributed by atoms with Gasteiger partial charge in [-0.3, -0.25) is 9.69 Å². The Morgan fingerprint density at radius 3 is 2.45 bits per heavy atom. The van der Waals surface area contributed by atoms with E-state index in [1.165, 1.54) is 17.7 Å². The smallest absolute Gasteiger partial charge is 0.317 e. The first-order valence-corrected chi connectivity index (χ1v) is 10.9. The fraction of sp³-hybridized carbons (Fsp3) is 0.417. The van der Waals surface area contributed by atoms with Crippen LogP contribution in [0.3, 0.4) is 0 Å². The highest BCUT2D eigenvalue weighted by molar-refractivity contribution is 5.83. The third kappa shape index (κ3) is 5.41. The molecule has 4 rings (SSSR count). The van der Waals surface area contributed by atoms with Crippen molar-refractivity contribution in [2.75, 3.05) is 39.3 Å². The summed E-state index contributed by atoms with van der Waals surface area (Å²) in [5.41, 5.74) is 2.12. The molecule has 0 aliphatic carbocycles. The number of hydrogen-bond donors (Lipinski definition) is 1. The lowest BCUT2D eigenvalue weighted by Crippen LogP contribution is -2.56. The van der Waals surface area contributed by atoms with Crippen LogP contribution in [0.4, 0.5) is 9.18 Å². The Morgan fingerprint density at radius 2 is 1.68 bits per heavy atom. The Bertz CT molecular complexity index is 890. The summed E-state index contributed by atoms with van der Waals surface area (Å²) in [6, 6.07) is 16.1. The second-order valence-electron chi connectivity index (χ2n) is 8.18. The van der Waals surface area contributed by atoms with E-state index in [9.17, 15) is 14.0 Å². The Balaban J connectivity index is 1.29. The molecule has 2 aliphatic heterocycles. The van der Waals surface area contributed by atoms with E-state index in [4.69, 9.17) is 0 Å². The topological polar surface area (TPSA) is 55.9 Å². The molecule has 164 valence electrons. The van der Waals surface area contributed by atoms with Crippen LogP contribution >= 0.6 is 0 Å². The van der Waals surface area contributed by atoms with E-state index in [-0.39, 0.29) is 23.8 Å². The van der Waals surface area contributed by atoms with E-state index in [0.29, 0.717) is 45.7 Å². The number of fused-ring (bicyclic) bond motifs is 1. The van der Waals surface area contributed by atoms with Crippen LogP contribution in [-0.2, 0) is 17.8 Å². The number of amides is 3. The molecule has 1 N–H and O–H groups in total. The summed E-state index contributed by atoms with van der Waals surface area (Å²) in [7, 11) is 0. The second kappa shape index (κ2) is 9.92. The number of carbonyl (C=O) groups is 2. The van der Waals surface area contributed by atoms with Gasteiger partial charge >= 0.3 is 6.03 Å². The first-order valence-electron chi connectivity index (χ1n) is 10.9. The Labute approximate surface area is 182 Å². The van der Waals surface area contributed by atoms with Crippen LogP contribution in [0.15, 0.2) is 54.6 Å². The summed E-state index contributed by atoms with van der Waals surface area (Å²) in [5, 5.41) is 3.01. The summed E-state index contributed by atoms with van der Waals surface area (Å²) in [6.45, 7) is 4.42. The van der Waals surface area contributed by atoms with Gasteiger partial charge in [0.15, 0.2) is 0 Å². The van der Waals surface area contributed by atoms with Crippen molar-refractivity contribution in [1.82, 2.24) is 20.0 Å². The highest BCUT2D eigenvalue weighted by Gasteiger charge is 2.37. The van der Waals surface area contributed by atoms with Gasteiger partial charge in [0.1, 0.15) is 5.82 Å². The van der Waals surface area contributed by atoms with Crippen LogP contribution in [-0.4, -0.2) is 71.9 Å². The highest BCUT2D eigenvalue weighted by Crippen LogP contribution is 2.20. The van der Waals surface area contributed by atoms with E-state index in [1.807, 2.05) is 28.0 Å². The van der Waals surface area contributed by atoms with Gasteiger partial charge in [0.2, 0.25) is 5.91 Å². The molecule has 31 heavy (non-hydrogen) atoms.